The molecular weight excluding hydrogens is 296 g/mol. The summed E-state index contributed by atoms with van der Waals surface area (Å²) in [5.41, 5.74) is 7.00. The lowest BCUT2D eigenvalue weighted by Crippen LogP contribution is -2.36. The molecule has 128 valence electrons. The number of carboxylic acids is 1. The van der Waals surface area contributed by atoms with Crippen molar-refractivity contribution in [1.82, 2.24) is 4.90 Å². The van der Waals surface area contributed by atoms with E-state index >= 15 is 0 Å². The fraction of sp³-hybridized carbons (Fsp3) is 0.588. The van der Waals surface area contributed by atoms with E-state index in [2.05, 4.69) is 11.9 Å². The van der Waals surface area contributed by atoms with Crippen LogP contribution in [-0.2, 0) is 4.79 Å². The lowest BCUT2D eigenvalue weighted by atomic mass is 10.0. The standard InChI is InChI=1S/C17H26N2O4/c1-19-10-8-12(9-11-19)23-17-13(4-3-5-15(17)22-2)14(18)6-7-16(20)21/h3-5,12,14H,6-11,18H2,1-2H3,(H,20,21). The van der Waals surface area contributed by atoms with Gasteiger partial charge in [0.25, 0.3) is 0 Å². The summed E-state index contributed by atoms with van der Waals surface area (Å²) in [6, 6.07) is 5.20. The Morgan fingerprint density at radius 2 is 2.13 bits per heavy atom. The van der Waals surface area contributed by atoms with Gasteiger partial charge in [-0.15, -0.1) is 0 Å². The fourth-order valence-electron chi connectivity index (χ4n) is 2.82. The summed E-state index contributed by atoms with van der Waals surface area (Å²) >= 11 is 0. The maximum Gasteiger partial charge on any atom is 0.303 e. The Morgan fingerprint density at radius 3 is 2.74 bits per heavy atom. The Morgan fingerprint density at radius 1 is 1.43 bits per heavy atom. The number of rotatable bonds is 7. The first-order valence-electron chi connectivity index (χ1n) is 8.00. The highest BCUT2D eigenvalue weighted by Gasteiger charge is 2.23. The Labute approximate surface area is 137 Å². The zero-order valence-corrected chi connectivity index (χ0v) is 13.8. The van der Waals surface area contributed by atoms with Crippen molar-refractivity contribution in [2.45, 2.75) is 37.8 Å². The highest BCUT2D eigenvalue weighted by atomic mass is 16.5. The average molecular weight is 322 g/mol. The van der Waals surface area contributed by atoms with Crippen LogP contribution in [0.3, 0.4) is 0 Å². The highest BCUT2D eigenvalue weighted by molar-refractivity contribution is 5.66. The number of carboxylic acid groups (broad SMARTS) is 1. The van der Waals surface area contributed by atoms with Gasteiger partial charge < -0.3 is 25.2 Å². The summed E-state index contributed by atoms with van der Waals surface area (Å²) in [4.78, 5) is 13.1. The number of methoxy groups -OCH3 is 1. The molecule has 3 N–H and O–H groups in total. The molecule has 1 unspecified atom stereocenters. The van der Waals surface area contributed by atoms with Crippen LogP contribution in [0.1, 0.15) is 37.3 Å². The molecule has 1 aromatic rings. The number of carbonyl (C=O) groups is 1. The van der Waals surface area contributed by atoms with Crippen molar-refractivity contribution in [3.63, 3.8) is 0 Å². The number of hydrogen-bond acceptors (Lipinski definition) is 5. The monoisotopic (exact) mass is 322 g/mol. The molecule has 23 heavy (non-hydrogen) atoms. The topological polar surface area (TPSA) is 85.0 Å². The molecule has 6 heteroatoms. The van der Waals surface area contributed by atoms with Gasteiger partial charge in [-0.05, 0) is 32.4 Å². The van der Waals surface area contributed by atoms with E-state index in [0.29, 0.717) is 17.9 Å². The minimum absolute atomic E-state index is 0.0338. The van der Waals surface area contributed by atoms with Crippen molar-refractivity contribution < 1.29 is 19.4 Å². The summed E-state index contributed by atoms with van der Waals surface area (Å²) < 4.78 is 11.6. The molecule has 1 saturated heterocycles. The Bertz CT molecular complexity index is 527. The highest BCUT2D eigenvalue weighted by Crippen LogP contribution is 2.37. The number of piperidine rings is 1. The molecular formula is C17H26N2O4. The quantitative estimate of drug-likeness (QED) is 0.799. The third kappa shape index (κ3) is 4.84. The number of ether oxygens (including phenoxy) is 2. The zero-order valence-electron chi connectivity index (χ0n) is 13.8. The summed E-state index contributed by atoms with van der Waals surface area (Å²) in [5, 5.41) is 8.85. The van der Waals surface area contributed by atoms with E-state index in [-0.39, 0.29) is 18.6 Å². The number of para-hydroxylation sites is 1. The molecule has 0 amide bonds. The number of nitrogens with two attached hydrogens (primary N) is 1. The van der Waals surface area contributed by atoms with Gasteiger partial charge in [0, 0.05) is 31.1 Å². The number of likely N-dealkylation sites (tertiary alicyclic amines) is 1. The van der Waals surface area contributed by atoms with Gasteiger partial charge in [0.15, 0.2) is 11.5 Å². The minimum atomic E-state index is -0.846. The predicted octanol–water partition coefficient (Wildman–Crippen LogP) is 2.03. The van der Waals surface area contributed by atoms with Gasteiger partial charge in [0.1, 0.15) is 6.10 Å². The van der Waals surface area contributed by atoms with E-state index in [0.717, 1.165) is 31.5 Å². The molecule has 0 spiro atoms. The maximum atomic E-state index is 10.8. The van der Waals surface area contributed by atoms with Gasteiger partial charge in [0.05, 0.1) is 7.11 Å². The molecule has 1 aliphatic rings. The van der Waals surface area contributed by atoms with Crippen molar-refractivity contribution >= 4 is 5.97 Å². The predicted molar refractivity (Wildman–Crippen MR) is 87.9 cm³/mol. The van der Waals surface area contributed by atoms with Gasteiger partial charge in [-0.3, -0.25) is 4.79 Å². The summed E-state index contributed by atoms with van der Waals surface area (Å²) in [7, 11) is 3.70. The molecule has 0 aromatic heterocycles. The van der Waals surface area contributed by atoms with Crippen molar-refractivity contribution in [3.05, 3.63) is 23.8 Å². The number of benzene rings is 1. The fourth-order valence-corrected chi connectivity index (χ4v) is 2.82. The summed E-state index contributed by atoms with van der Waals surface area (Å²) in [6.07, 6.45) is 2.45. The first kappa shape index (κ1) is 17.6. The smallest absolute Gasteiger partial charge is 0.303 e. The first-order valence-corrected chi connectivity index (χ1v) is 8.00. The average Bonchev–Trinajstić information content (AvgIpc) is 2.54. The van der Waals surface area contributed by atoms with Crippen LogP contribution in [0, 0.1) is 0 Å². The first-order chi connectivity index (χ1) is 11.0. The zero-order chi connectivity index (χ0) is 16.8. The van der Waals surface area contributed by atoms with Crippen LogP contribution in [-0.4, -0.2) is 49.3 Å². The second-order valence-electron chi connectivity index (χ2n) is 6.04. The van der Waals surface area contributed by atoms with E-state index in [1.807, 2.05) is 18.2 Å². The molecule has 2 rings (SSSR count). The van der Waals surface area contributed by atoms with Gasteiger partial charge in [0.2, 0.25) is 0 Å². The van der Waals surface area contributed by atoms with Gasteiger partial charge in [-0.2, -0.15) is 0 Å². The van der Waals surface area contributed by atoms with Gasteiger partial charge in [-0.25, -0.2) is 0 Å². The van der Waals surface area contributed by atoms with Crippen molar-refractivity contribution in [2.75, 3.05) is 27.2 Å². The van der Waals surface area contributed by atoms with Gasteiger partial charge >= 0.3 is 5.97 Å². The largest absolute Gasteiger partial charge is 0.493 e. The molecule has 6 nitrogen and oxygen atoms in total. The van der Waals surface area contributed by atoms with E-state index in [4.69, 9.17) is 20.3 Å². The third-order valence-corrected chi connectivity index (χ3v) is 4.25. The maximum absolute atomic E-state index is 10.8. The van der Waals surface area contributed by atoms with Crippen LogP contribution < -0.4 is 15.2 Å². The molecule has 0 bridgehead atoms. The molecule has 0 saturated carbocycles. The van der Waals surface area contributed by atoms with Crippen LogP contribution in [0.5, 0.6) is 11.5 Å². The van der Waals surface area contributed by atoms with Gasteiger partial charge in [-0.1, -0.05) is 12.1 Å². The lowest BCUT2D eigenvalue weighted by Gasteiger charge is -2.31. The van der Waals surface area contributed by atoms with Crippen LogP contribution in [0.2, 0.25) is 0 Å². The third-order valence-electron chi connectivity index (χ3n) is 4.25. The minimum Gasteiger partial charge on any atom is -0.493 e. The Kier molecular flexibility index (Phi) is 6.24. The van der Waals surface area contributed by atoms with Crippen LogP contribution >= 0.6 is 0 Å². The number of hydrogen-bond donors (Lipinski definition) is 2. The SMILES string of the molecule is COc1cccc(C(N)CCC(=O)O)c1OC1CCN(C)CC1. The lowest BCUT2D eigenvalue weighted by molar-refractivity contribution is -0.137. The van der Waals surface area contributed by atoms with E-state index in [9.17, 15) is 4.79 Å². The van der Waals surface area contributed by atoms with Crippen LogP contribution in [0.25, 0.3) is 0 Å². The second-order valence-corrected chi connectivity index (χ2v) is 6.04. The van der Waals surface area contributed by atoms with E-state index in [1.54, 1.807) is 7.11 Å². The van der Waals surface area contributed by atoms with Crippen LogP contribution in [0.4, 0.5) is 0 Å². The van der Waals surface area contributed by atoms with Crippen molar-refractivity contribution in [2.24, 2.45) is 5.73 Å². The molecule has 1 fully saturated rings. The normalized spacial score (nSPS) is 17.7. The molecule has 0 aliphatic carbocycles. The van der Waals surface area contributed by atoms with Crippen LogP contribution in [0.15, 0.2) is 18.2 Å². The molecule has 1 atom stereocenters. The number of aliphatic carboxylic acids is 1. The Balaban J connectivity index is 2.16. The van der Waals surface area contributed by atoms with E-state index in [1.165, 1.54) is 0 Å². The number of nitrogens with zero attached hydrogens (tertiary/aromatic N) is 1. The molecule has 1 aromatic carbocycles. The Hall–Kier alpha value is -1.79. The van der Waals surface area contributed by atoms with E-state index < -0.39 is 5.97 Å². The second kappa shape index (κ2) is 8.17. The van der Waals surface area contributed by atoms with Crippen molar-refractivity contribution in [3.8, 4) is 11.5 Å². The van der Waals surface area contributed by atoms with Crippen molar-refractivity contribution in [1.29, 1.82) is 0 Å². The summed E-state index contributed by atoms with van der Waals surface area (Å²) in [6.45, 7) is 2.00. The molecule has 0 radical (unpaired) electrons. The summed E-state index contributed by atoms with van der Waals surface area (Å²) in [5.74, 6) is 0.454. The molecule has 1 aliphatic heterocycles. The molecule has 1 heterocycles.